The van der Waals surface area contributed by atoms with Gasteiger partial charge in [0.05, 0.1) is 5.69 Å². The van der Waals surface area contributed by atoms with Crippen LogP contribution in [0.2, 0.25) is 5.02 Å². The summed E-state index contributed by atoms with van der Waals surface area (Å²) in [7, 11) is 0. The van der Waals surface area contributed by atoms with E-state index in [1.165, 1.54) is 12.1 Å². The number of carbonyl (C=O) groups is 1. The van der Waals surface area contributed by atoms with Gasteiger partial charge in [-0.15, -0.1) is 0 Å². The summed E-state index contributed by atoms with van der Waals surface area (Å²) in [5.41, 5.74) is 1.13. The topological polar surface area (TPSA) is 49.3 Å². The number of hydrogen-bond donors (Lipinski definition) is 2. The van der Waals surface area contributed by atoms with Gasteiger partial charge in [0.1, 0.15) is 5.75 Å². The summed E-state index contributed by atoms with van der Waals surface area (Å²) in [6.07, 6.45) is 2.99. The molecular weight excluding hydrogens is 262 g/mol. The minimum atomic E-state index is -0.332. The van der Waals surface area contributed by atoms with Gasteiger partial charge in [-0.25, -0.2) is 0 Å². The van der Waals surface area contributed by atoms with E-state index in [0.29, 0.717) is 10.7 Å². The van der Waals surface area contributed by atoms with Gasteiger partial charge < -0.3 is 10.4 Å². The summed E-state index contributed by atoms with van der Waals surface area (Å²) in [5.74, 6) is -0.302. The van der Waals surface area contributed by atoms with E-state index in [-0.39, 0.29) is 11.7 Å². The third-order valence-corrected chi connectivity index (χ3v) is 2.83. The molecule has 0 atom stereocenters. The molecule has 3 nitrogen and oxygen atoms in total. The second kappa shape index (κ2) is 6.07. The zero-order valence-electron chi connectivity index (χ0n) is 10.0. The Labute approximate surface area is 116 Å². The van der Waals surface area contributed by atoms with Crippen molar-refractivity contribution in [3.63, 3.8) is 0 Å². The quantitative estimate of drug-likeness (QED) is 0.662. The molecule has 0 heterocycles. The van der Waals surface area contributed by atoms with Gasteiger partial charge in [0.2, 0.25) is 5.91 Å². The largest absolute Gasteiger partial charge is 0.506 e. The predicted octanol–water partition coefficient (Wildman–Crippen LogP) is 3.70. The van der Waals surface area contributed by atoms with Crippen LogP contribution < -0.4 is 5.32 Å². The Hall–Kier alpha value is -2.26. The second-order valence-electron chi connectivity index (χ2n) is 3.86. The molecule has 1 amide bonds. The van der Waals surface area contributed by atoms with Crippen LogP contribution in [0, 0.1) is 0 Å². The van der Waals surface area contributed by atoms with Gasteiger partial charge in [-0.3, -0.25) is 4.79 Å². The number of carbonyl (C=O) groups excluding carboxylic acids is 1. The minimum Gasteiger partial charge on any atom is -0.506 e. The van der Waals surface area contributed by atoms with Gasteiger partial charge in [-0.05, 0) is 29.8 Å². The van der Waals surface area contributed by atoms with Crippen molar-refractivity contribution in [1.29, 1.82) is 0 Å². The highest BCUT2D eigenvalue weighted by atomic mass is 35.5. The van der Waals surface area contributed by atoms with Crippen molar-refractivity contribution in [2.45, 2.75) is 0 Å². The Morgan fingerprint density at radius 3 is 2.53 bits per heavy atom. The Bertz CT molecular complexity index is 623. The van der Waals surface area contributed by atoms with E-state index in [1.54, 1.807) is 30.3 Å². The van der Waals surface area contributed by atoms with Crippen molar-refractivity contribution >= 4 is 29.3 Å². The molecule has 0 saturated heterocycles. The number of aromatic hydroxyl groups is 1. The molecule has 4 heteroatoms. The fourth-order valence-electron chi connectivity index (χ4n) is 1.53. The Kier molecular flexibility index (Phi) is 4.21. The first-order chi connectivity index (χ1) is 9.16. The molecular formula is C15H12ClNO2. The van der Waals surface area contributed by atoms with Gasteiger partial charge >= 0.3 is 0 Å². The number of amides is 1. The SMILES string of the molecule is O=C(/C=C/c1ccccc1Cl)Nc1ccccc1O. The van der Waals surface area contributed by atoms with Crippen LogP contribution in [0.15, 0.2) is 54.6 Å². The van der Waals surface area contributed by atoms with Crippen LogP contribution in [0.3, 0.4) is 0 Å². The highest BCUT2D eigenvalue weighted by Crippen LogP contribution is 2.21. The molecule has 0 aliphatic rings. The molecule has 0 unspecified atom stereocenters. The van der Waals surface area contributed by atoms with E-state index in [4.69, 9.17) is 11.6 Å². The molecule has 0 spiro atoms. The van der Waals surface area contributed by atoms with E-state index in [9.17, 15) is 9.90 Å². The number of halogens is 1. The molecule has 0 radical (unpaired) electrons. The van der Waals surface area contributed by atoms with E-state index < -0.39 is 0 Å². The van der Waals surface area contributed by atoms with Crippen LogP contribution in [-0.4, -0.2) is 11.0 Å². The van der Waals surface area contributed by atoms with Crippen LogP contribution in [0.4, 0.5) is 5.69 Å². The van der Waals surface area contributed by atoms with Crippen molar-refractivity contribution in [3.8, 4) is 5.75 Å². The van der Waals surface area contributed by atoms with Crippen LogP contribution in [0.5, 0.6) is 5.75 Å². The summed E-state index contributed by atoms with van der Waals surface area (Å²) in [6, 6.07) is 13.8. The number of hydrogen-bond acceptors (Lipinski definition) is 2. The van der Waals surface area contributed by atoms with Gasteiger partial charge in [-0.2, -0.15) is 0 Å². The lowest BCUT2D eigenvalue weighted by atomic mass is 10.2. The number of phenolic OH excluding ortho intramolecular Hbond substituents is 1. The first-order valence-electron chi connectivity index (χ1n) is 5.68. The minimum absolute atomic E-state index is 0.0296. The molecule has 0 bridgehead atoms. The second-order valence-corrected chi connectivity index (χ2v) is 4.27. The van der Waals surface area contributed by atoms with Crippen molar-refractivity contribution in [1.82, 2.24) is 0 Å². The molecule has 19 heavy (non-hydrogen) atoms. The monoisotopic (exact) mass is 273 g/mol. The van der Waals surface area contributed by atoms with E-state index in [1.807, 2.05) is 18.2 Å². The summed E-state index contributed by atoms with van der Waals surface area (Å²) < 4.78 is 0. The lowest BCUT2D eigenvalue weighted by Gasteiger charge is -2.04. The van der Waals surface area contributed by atoms with Crippen molar-refractivity contribution in [2.75, 3.05) is 5.32 Å². The molecule has 0 aromatic heterocycles. The molecule has 2 rings (SSSR count). The first-order valence-corrected chi connectivity index (χ1v) is 6.06. The summed E-state index contributed by atoms with van der Waals surface area (Å²) in [4.78, 5) is 11.7. The molecule has 96 valence electrons. The van der Waals surface area contributed by atoms with Gasteiger partial charge in [0.15, 0.2) is 0 Å². The third-order valence-electron chi connectivity index (χ3n) is 2.48. The Balaban J connectivity index is 2.06. The molecule has 0 fully saturated rings. The van der Waals surface area contributed by atoms with Crippen LogP contribution in [0.1, 0.15) is 5.56 Å². The Morgan fingerprint density at radius 1 is 1.11 bits per heavy atom. The molecule has 2 N–H and O–H groups in total. The lowest BCUT2D eigenvalue weighted by molar-refractivity contribution is -0.111. The molecule has 0 saturated carbocycles. The van der Waals surface area contributed by atoms with Gasteiger partial charge in [-0.1, -0.05) is 41.9 Å². The van der Waals surface area contributed by atoms with Crippen molar-refractivity contribution < 1.29 is 9.90 Å². The fraction of sp³-hybridized carbons (Fsp3) is 0. The smallest absolute Gasteiger partial charge is 0.248 e. The molecule has 0 aliphatic heterocycles. The van der Waals surface area contributed by atoms with Crippen LogP contribution in [0.25, 0.3) is 6.08 Å². The van der Waals surface area contributed by atoms with E-state index in [2.05, 4.69) is 5.32 Å². The van der Waals surface area contributed by atoms with Crippen LogP contribution >= 0.6 is 11.6 Å². The Morgan fingerprint density at radius 2 is 1.79 bits per heavy atom. The predicted molar refractivity (Wildman–Crippen MR) is 77.2 cm³/mol. The van der Waals surface area contributed by atoms with Gasteiger partial charge in [0.25, 0.3) is 0 Å². The van der Waals surface area contributed by atoms with E-state index >= 15 is 0 Å². The van der Waals surface area contributed by atoms with Crippen molar-refractivity contribution in [2.24, 2.45) is 0 Å². The first kappa shape index (κ1) is 13.2. The van der Waals surface area contributed by atoms with E-state index in [0.717, 1.165) is 5.56 Å². The van der Waals surface area contributed by atoms with Crippen molar-refractivity contribution in [3.05, 3.63) is 65.2 Å². The highest BCUT2D eigenvalue weighted by molar-refractivity contribution is 6.32. The fourth-order valence-corrected chi connectivity index (χ4v) is 1.73. The summed E-state index contributed by atoms with van der Waals surface area (Å²) in [6.45, 7) is 0. The molecule has 2 aromatic rings. The standard InChI is InChI=1S/C15H12ClNO2/c16-12-6-2-1-5-11(12)9-10-15(19)17-13-7-3-4-8-14(13)18/h1-10,18H,(H,17,19)/b10-9+. The zero-order valence-corrected chi connectivity index (χ0v) is 10.8. The summed E-state index contributed by atoms with van der Waals surface area (Å²) in [5, 5.41) is 12.7. The number of benzene rings is 2. The maximum atomic E-state index is 11.7. The number of phenols is 1. The number of anilines is 1. The number of para-hydroxylation sites is 2. The molecule has 2 aromatic carbocycles. The summed E-state index contributed by atoms with van der Waals surface area (Å²) >= 11 is 5.97. The average molecular weight is 274 g/mol. The number of rotatable bonds is 3. The zero-order chi connectivity index (χ0) is 13.7. The highest BCUT2D eigenvalue weighted by Gasteiger charge is 2.02. The maximum Gasteiger partial charge on any atom is 0.248 e. The normalized spacial score (nSPS) is 10.6. The average Bonchev–Trinajstić information content (AvgIpc) is 2.40. The number of nitrogens with one attached hydrogen (secondary N) is 1. The maximum absolute atomic E-state index is 11.7. The lowest BCUT2D eigenvalue weighted by Crippen LogP contribution is -2.07. The third kappa shape index (κ3) is 3.60. The van der Waals surface area contributed by atoms with Gasteiger partial charge in [0, 0.05) is 11.1 Å². The van der Waals surface area contributed by atoms with Crippen LogP contribution in [-0.2, 0) is 4.79 Å². The molecule has 0 aliphatic carbocycles.